The van der Waals surface area contributed by atoms with Crippen LogP contribution in [0.4, 0.5) is 4.79 Å². The van der Waals surface area contributed by atoms with Crippen molar-refractivity contribution < 1.29 is 14.3 Å². The fraction of sp³-hybridized carbons (Fsp3) is 0.478. The normalized spacial score (nSPS) is 15.1. The summed E-state index contributed by atoms with van der Waals surface area (Å²) < 4.78 is 7.49. The fourth-order valence-corrected chi connectivity index (χ4v) is 3.87. The fourth-order valence-electron chi connectivity index (χ4n) is 3.66. The van der Waals surface area contributed by atoms with E-state index in [0.29, 0.717) is 30.4 Å². The van der Waals surface area contributed by atoms with E-state index in [1.807, 2.05) is 67.9 Å². The molecule has 7 heteroatoms. The number of benzene rings is 1. The average Bonchev–Trinajstić information content (AvgIpc) is 3.17. The molecule has 162 valence electrons. The maximum Gasteiger partial charge on any atom is 0.410 e. The van der Waals surface area contributed by atoms with E-state index in [2.05, 4.69) is 5.32 Å². The Hall–Kier alpha value is -2.47. The van der Waals surface area contributed by atoms with Crippen molar-refractivity contribution >= 4 is 23.6 Å². The van der Waals surface area contributed by atoms with Crippen molar-refractivity contribution in [2.45, 2.75) is 51.7 Å². The molecule has 1 aromatic heterocycles. The van der Waals surface area contributed by atoms with Gasteiger partial charge in [0.2, 0.25) is 0 Å². The van der Waals surface area contributed by atoms with E-state index in [9.17, 15) is 9.59 Å². The molecule has 1 aliphatic heterocycles. The highest BCUT2D eigenvalue weighted by molar-refractivity contribution is 6.30. The summed E-state index contributed by atoms with van der Waals surface area (Å²) in [5.41, 5.74) is 1.24. The second-order valence-corrected chi connectivity index (χ2v) is 9.07. The van der Waals surface area contributed by atoms with Crippen LogP contribution in [0.1, 0.15) is 55.7 Å². The summed E-state index contributed by atoms with van der Waals surface area (Å²) in [6, 6.07) is 11.6. The molecular formula is C23H30ClN3O3. The first kappa shape index (κ1) is 22.2. The molecule has 0 unspecified atom stereocenters. The highest BCUT2D eigenvalue weighted by Gasteiger charge is 2.28. The minimum absolute atomic E-state index is 0.0865. The van der Waals surface area contributed by atoms with Crippen LogP contribution >= 0.6 is 11.6 Å². The molecule has 6 nitrogen and oxygen atoms in total. The molecule has 2 heterocycles. The number of ether oxygens (including phenoxy) is 1. The van der Waals surface area contributed by atoms with Crippen LogP contribution in [0.3, 0.4) is 0 Å². The van der Waals surface area contributed by atoms with Crippen LogP contribution in [0, 0.1) is 0 Å². The van der Waals surface area contributed by atoms with Gasteiger partial charge in [-0.15, -0.1) is 0 Å². The molecule has 0 aliphatic carbocycles. The zero-order valence-corrected chi connectivity index (χ0v) is 18.6. The third-order valence-electron chi connectivity index (χ3n) is 5.11. The Balaban J connectivity index is 1.52. The van der Waals surface area contributed by atoms with Crippen molar-refractivity contribution in [3.63, 3.8) is 0 Å². The van der Waals surface area contributed by atoms with E-state index >= 15 is 0 Å². The molecule has 1 aromatic carbocycles. The first-order valence-electron chi connectivity index (χ1n) is 10.4. The molecule has 30 heavy (non-hydrogen) atoms. The van der Waals surface area contributed by atoms with Gasteiger partial charge < -0.3 is 19.5 Å². The maximum absolute atomic E-state index is 12.7. The number of rotatable bonds is 5. The zero-order valence-electron chi connectivity index (χ0n) is 17.9. The number of carbonyl (C=O) groups excluding carboxylic acids is 2. The van der Waals surface area contributed by atoms with Crippen LogP contribution in [-0.2, 0) is 11.2 Å². The number of aromatic nitrogens is 1. The molecule has 1 aliphatic rings. The molecule has 2 amide bonds. The Morgan fingerprint density at radius 2 is 1.90 bits per heavy atom. The summed E-state index contributed by atoms with van der Waals surface area (Å²) in [7, 11) is 0. The molecule has 0 atom stereocenters. The minimum Gasteiger partial charge on any atom is -0.444 e. The van der Waals surface area contributed by atoms with Gasteiger partial charge in [-0.3, -0.25) is 4.79 Å². The molecule has 0 radical (unpaired) electrons. The van der Waals surface area contributed by atoms with Gasteiger partial charge in [0.05, 0.1) is 0 Å². The summed E-state index contributed by atoms with van der Waals surface area (Å²) in [4.78, 5) is 26.7. The monoisotopic (exact) mass is 431 g/mol. The number of amides is 2. The predicted octanol–water partition coefficient (Wildman–Crippen LogP) is 4.69. The second-order valence-electron chi connectivity index (χ2n) is 8.64. The first-order chi connectivity index (χ1) is 14.2. The number of nitrogens with one attached hydrogen (secondary N) is 1. The topological polar surface area (TPSA) is 63.6 Å². The van der Waals surface area contributed by atoms with Gasteiger partial charge in [-0.05, 0) is 69.9 Å². The van der Waals surface area contributed by atoms with Gasteiger partial charge in [-0.2, -0.15) is 0 Å². The van der Waals surface area contributed by atoms with Crippen molar-refractivity contribution in [3.8, 4) is 0 Å². The Morgan fingerprint density at radius 1 is 1.17 bits per heavy atom. The number of halogens is 1. The van der Waals surface area contributed by atoms with Crippen molar-refractivity contribution in [2.24, 2.45) is 0 Å². The average molecular weight is 432 g/mol. The Kier molecular flexibility index (Phi) is 7.08. The van der Waals surface area contributed by atoms with Gasteiger partial charge in [0.1, 0.15) is 11.3 Å². The summed E-state index contributed by atoms with van der Waals surface area (Å²) >= 11 is 6.01. The lowest BCUT2D eigenvalue weighted by Crippen LogP contribution is -2.42. The number of nitrogens with zero attached hydrogens (tertiary/aromatic N) is 2. The quantitative estimate of drug-likeness (QED) is 0.747. The molecule has 0 bridgehead atoms. The van der Waals surface area contributed by atoms with Crippen molar-refractivity contribution in [3.05, 3.63) is 58.9 Å². The molecule has 3 rings (SSSR count). The number of hydrogen-bond acceptors (Lipinski definition) is 3. The van der Waals surface area contributed by atoms with Gasteiger partial charge in [-0.1, -0.05) is 23.7 Å². The van der Waals surface area contributed by atoms with E-state index in [-0.39, 0.29) is 18.0 Å². The number of likely N-dealkylation sites (tertiary alicyclic amines) is 1. The van der Waals surface area contributed by atoms with Gasteiger partial charge in [0, 0.05) is 36.9 Å². The molecular weight excluding hydrogens is 402 g/mol. The lowest BCUT2D eigenvalue weighted by atomic mass is 10.0. The second kappa shape index (κ2) is 9.56. The van der Waals surface area contributed by atoms with E-state index in [1.54, 1.807) is 4.90 Å². The predicted molar refractivity (Wildman–Crippen MR) is 118 cm³/mol. The number of piperidine rings is 1. The van der Waals surface area contributed by atoms with E-state index in [0.717, 1.165) is 24.8 Å². The number of hydrogen-bond donors (Lipinski definition) is 1. The van der Waals surface area contributed by atoms with Crippen LogP contribution < -0.4 is 5.32 Å². The summed E-state index contributed by atoms with van der Waals surface area (Å²) in [5, 5.41) is 3.70. The standard InChI is InChI=1S/C23H30ClN3O3/c1-23(2,3)30-22(29)26-14-10-19(11-15-26)27-13-5-8-20(27)21(28)25-12-9-17-6-4-7-18(24)16-17/h4-8,13,16,19H,9-12,14-15H2,1-3H3,(H,25,28). The maximum atomic E-state index is 12.7. The molecule has 1 saturated heterocycles. The highest BCUT2D eigenvalue weighted by atomic mass is 35.5. The Bertz CT molecular complexity index is 880. The molecule has 1 fully saturated rings. The van der Waals surface area contributed by atoms with Gasteiger partial charge in [0.15, 0.2) is 0 Å². The van der Waals surface area contributed by atoms with Crippen molar-refractivity contribution in [1.82, 2.24) is 14.8 Å². The van der Waals surface area contributed by atoms with Crippen LogP contribution in [0.2, 0.25) is 5.02 Å². The number of carbonyl (C=O) groups is 2. The molecule has 1 N–H and O–H groups in total. The summed E-state index contributed by atoms with van der Waals surface area (Å²) in [6.45, 7) is 7.39. The summed E-state index contributed by atoms with van der Waals surface area (Å²) in [5.74, 6) is -0.0865. The third-order valence-corrected chi connectivity index (χ3v) is 5.34. The molecule has 0 spiro atoms. The van der Waals surface area contributed by atoms with E-state index < -0.39 is 5.60 Å². The van der Waals surface area contributed by atoms with Crippen LogP contribution in [0.25, 0.3) is 0 Å². The molecule has 2 aromatic rings. The smallest absolute Gasteiger partial charge is 0.410 e. The lowest BCUT2D eigenvalue weighted by Gasteiger charge is -2.34. The van der Waals surface area contributed by atoms with Crippen molar-refractivity contribution in [1.29, 1.82) is 0 Å². The Labute approximate surface area is 183 Å². The third kappa shape index (κ3) is 6.02. The van der Waals surface area contributed by atoms with Gasteiger partial charge >= 0.3 is 6.09 Å². The minimum atomic E-state index is -0.495. The first-order valence-corrected chi connectivity index (χ1v) is 10.8. The lowest BCUT2D eigenvalue weighted by molar-refractivity contribution is 0.0187. The largest absolute Gasteiger partial charge is 0.444 e. The van der Waals surface area contributed by atoms with Crippen molar-refractivity contribution in [2.75, 3.05) is 19.6 Å². The van der Waals surface area contributed by atoms with E-state index in [4.69, 9.17) is 16.3 Å². The van der Waals surface area contributed by atoms with E-state index in [1.165, 1.54) is 0 Å². The van der Waals surface area contributed by atoms with Crippen LogP contribution in [0.5, 0.6) is 0 Å². The molecule has 0 saturated carbocycles. The SMILES string of the molecule is CC(C)(C)OC(=O)N1CCC(n2cccc2C(=O)NCCc2cccc(Cl)c2)CC1. The zero-order chi connectivity index (χ0) is 21.7. The van der Waals surface area contributed by atoms with Crippen LogP contribution in [-0.4, -0.2) is 46.7 Å². The van der Waals surface area contributed by atoms with Gasteiger partial charge in [-0.25, -0.2) is 4.79 Å². The highest BCUT2D eigenvalue weighted by Crippen LogP contribution is 2.25. The van der Waals surface area contributed by atoms with Crippen LogP contribution in [0.15, 0.2) is 42.6 Å². The summed E-state index contributed by atoms with van der Waals surface area (Å²) in [6.07, 6.45) is 3.97. The Morgan fingerprint density at radius 3 is 2.57 bits per heavy atom. The van der Waals surface area contributed by atoms with Gasteiger partial charge in [0.25, 0.3) is 5.91 Å².